The Labute approximate surface area is 75.5 Å². The summed E-state index contributed by atoms with van der Waals surface area (Å²) >= 11 is 0. The Kier molecular flexibility index (Phi) is 24.5. The Balaban J connectivity index is -0.0000000833. The summed E-state index contributed by atoms with van der Waals surface area (Å²) in [6, 6.07) is -5.37. The first kappa shape index (κ1) is 29.2. The fraction of sp³-hybridized carbons (Fsp3) is 0. The van der Waals surface area contributed by atoms with Gasteiger partial charge in [-0.25, -0.2) is 0 Å². The molecule has 0 amide bonds. The lowest BCUT2D eigenvalue weighted by molar-refractivity contribution is 0.109. The second-order valence-corrected chi connectivity index (χ2v) is 1.17. The molecule has 0 spiro atoms. The smallest absolute Gasteiger partial charge is 0.346 e. The minimum Gasteiger partial charge on any atom is -0.396 e. The van der Waals surface area contributed by atoms with E-state index in [1.807, 2.05) is 0 Å². The predicted octanol–water partition coefficient (Wildman–Crippen LogP) is 3.68. The molecule has 0 radical (unpaired) electrons. The van der Waals surface area contributed by atoms with Gasteiger partial charge in [-0.2, -0.15) is 26.3 Å². The molecule has 0 aliphatic heterocycles. The number of hydrogen-bond donors (Lipinski definition) is 0. The molecule has 0 heterocycles. The third kappa shape index (κ3) is 12.6. The van der Waals surface area contributed by atoms with Gasteiger partial charge in [0, 0.05) is 0 Å². The second kappa shape index (κ2) is 12.6. The maximum absolute atomic E-state index is 11.4. The lowest BCUT2D eigenvalue weighted by Crippen LogP contribution is -1.85. The summed E-state index contributed by atoms with van der Waals surface area (Å²) in [7, 11) is 0. The van der Waals surface area contributed by atoms with E-state index in [1.165, 1.54) is 0 Å². The highest BCUT2D eigenvalue weighted by atomic mass is 19.3. The van der Waals surface area contributed by atoms with E-state index in [1.54, 1.807) is 0 Å². The zero-order chi connectivity index (χ0) is 9.02. The van der Waals surface area contributed by atoms with Crippen molar-refractivity contribution in [2.75, 3.05) is 0 Å². The summed E-state index contributed by atoms with van der Waals surface area (Å²) in [5, 5.41) is 0. The summed E-state index contributed by atoms with van der Waals surface area (Å²) in [4.78, 5) is 0. The van der Waals surface area contributed by atoms with Crippen molar-refractivity contribution in [3.8, 4) is 0 Å². The second-order valence-electron chi connectivity index (χ2n) is 1.17. The van der Waals surface area contributed by atoms with E-state index >= 15 is 0 Å². The number of ether oxygens (including phenoxy) is 1. The van der Waals surface area contributed by atoms with Crippen LogP contribution in [0.25, 0.3) is 0 Å². The first-order valence-corrected chi connectivity index (χ1v) is 2.04. The summed E-state index contributed by atoms with van der Waals surface area (Å²) in [6.45, 7) is 0. The van der Waals surface area contributed by atoms with Gasteiger partial charge >= 0.3 is 24.2 Å². The van der Waals surface area contributed by atoms with Crippen LogP contribution < -0.4 is 0 Å². The molecular formula is C4H4F10O. The highest BCUT2D eigenvalue weighted by molar-refractivity contribution is 4.90. The fourth-order valence-corrected chi connectivity index (χ4v) is 0.156. The topological polar surface area (TPSA) is 9.23 Å². The van der Waals surface area contributed by atoms with Crippen LogP contribution in [0.4, 0.5) is 45.2 Å². The molecule has 0 aromatic carbocycles. The first-order chi connectivity index (χ1) is 4.95. The molecule has 0 aliphatic rings. The molecule has 0 aromatic heterocycles. The molecule has 0 N–H and O–H groups in total. The summed E-state index contributed by atoms with van der Waals surface area (Å²) in [5.74, 6) is 0. The van der Waals surface area contributed by atoms with E-state index in [-0.39, 0.29) is 18.8 Å². The molecule has 0 aromatic rings. The molecule has 0 atom stereocenters. The molecule has 1 nitrogen and oxygen atoms in total. The number of hydrogen-bond acceptors (Lipinski definition) is 1. The van der Waals surface area contributed by atoms with Crippen LogP contribution in [-0.2, 0) is 4.74 Å². The van der Waals surface area contributed by atoms with Crippen LogP contribution in [0.3, 0.4) is 0 Å². The van der Waals surface area contributed by atoms with Crippen LogP contribution >= 0.6 is 0 Å². The third-order valence-corrected chi connectivity index (χ3v) is 0.476. The van der Waals surface area contributed by atoms with Crippen LogP contribution in [0.2, 0.25) is 0 Å². The van der Waals surface area contributed by atoms with Crippen molar-refractivity contribution in [3.05, 3.63) is 24.2 Å². The molecule has 0 aliphatic carbocycles. The van der Waals surface area contributed by atoms with Crippen molar-refractivity contribution >= 4 is 0 Å². The molecule has 96 valence electrons. The molecule has 0 bridgehead atoms. The lowest BCUT2D eigenvalue weighted by atomic mass is 10.9. The average Bonchev–Trinajstić information content (AvgIpc) is 1.87. The van der Waals surface area contributed by atoms with Crippen molar-refractivity contribution in [3.63, 3.8) is 0 Å². The average molecular weight is 258 g/mol. The SMILES string of the molecule is F.F.F.F.FC(F)=C(F)OC(F)=C(F)F. The normalized spacial score (nSPS) is 6.53. The summed E-state index contributed by atoms with van der Waals surface area (Å²) in [6.07, 6.45) is -6.03. The fourth-order valence-electron chi connectivity index (χ4n) is 0.156. The van der Waals surface area contributed by atoms with Gasteiger partial charge in [-0.15, -0.1) is 0 Å². The van der Waals surface area contributed by atoms with Crippen molar-refractivity contribution in [1.82, 2.24) is 0 Å². The maximum atomic E-state index is 11.4. The standard InChI is InChI=1S/C4F6O.4FH/c5-1(6)3(9)11-4(10)2(7)8;;;;/h;4*1H. The Morgan fingerprint density at radius 1 is 0.533 bits per heavy atom. The monoisotopic (exact) mass is 258 g/mol. The number of halogens is 10. The van der Waals surface area contributed by atoms with E-state index in [9.17, 15) is 26.3 Å². The van der Waals surface area contributed by atoms with Gasteiger partial charge in [0.15, 0.2) is 0 Å². The molecule has 0 unspecified atom stereocenters. The van der Waals surface area contributed by atoms with Gasteiger partial charge in [0.25, 0.3) is 0 Å². The van der Waals surface area contributed by atoms with Crippen molar-refractivity contribution in [1.29, 1.82) is 0 Å². The maximum Gasteiger partial charge on any atom is 0.346 e. The Bertz CT molecular complexity index is 179. The zero-order valence-corrected chi connectivity index (χ0v) is 6.31. The van der Waals surface area contributed by atoms with E-state index in [4.69, 9.17) is 0 Å². The van der Waals surface area contributed by atoms with E-state index < -0.39 is 24.2 Å². The summed E-state index contributed by atoms with van der Waals surface area (Å²) < 4.78 is 69.6. The quantitative estimate of drug-likeness (QED) is 0.542. The van der Waals surface area contributed by atoms with Gasteiger partial charge in [0.05, 0.1) is 0 Å². The van der Waals surface area contributed by atoms with Crippen LogP contribution in [0.1, 0.15) is 0 Å². The van der Waals surface area contributed by atoms with Crippen molar-refractivity contribution in [2.24, 2.45) is 0 Å². The minimum atomic E-state index is -3.01. The highest BCUT2D eigenvalue weighted by Gasteiger charge is 2.13. The lowest BCUT2D eigenvalue weighted by Gasteiger charge is -1.94. The largest absolute Gasteiger partial charge is 0.396 e. The predicted molar refractivity (Wildman–Crippen MR) is 31.8 cm³/mol. The number of rotatable bonds is 2. The van der Waals surface area contributed by atoms with Crippen LogP contribution in [-0.4, -0.2) is 0 Å². The molecule has 0 saturated carbocycles. The van der Waals surface area contributed by atoms with Crippen LogP contribution in [0, 0.1) is 0 Å². The molecule has 0 fully saturated rings. The molecule has 11 heteroatoms. The van der Waals surface area contributed by atoms with Gasteiger partial charge in [-0.05, 0) is 0 Å². The van der Waals surface area contributed by atoms with Gasteiger partial charge in [-0.1, -0.05) is 0 Å². The highest BCUT2D eigenvalue weighted by Crippen LogP contribution is 2.19. The minimum absolute atomic E-state index is 0. The van der Waals surface area contributed by atoms with E-state index in [0.29, 0.717) is 0 Å². The molecular weight excluding hydrogens is 254 g/mol. The molecule has 0 saturated heterocycles. The van der Waals surface area contributed by atoms with E-state index in [0.717, 1.165) is 0 Å². The van der Waals surface area contributed by atoms with Gasteiger partial charge < -0.3 is 4.74 Å². The Hall–Kier alpha value is -1.42. The zero-order valence-electron chi connectivity index (χ0n) is 6.31. The van der Waals surface area contributed by atoms with Gasteiger partial charge in [0.1, 0.15) is 0 Å². The van der Waals surface area contributed by atoms with E-state index in [2.05, 4.69) is 4.74 Å². The van der Waals surface area contributed by atoms with Crippen molar-refractivity contribution in [2.45, 2.75) is 0 Å². The van der Waals surface area contributed by atoms with Crippen LogP contribution in [0.15, 0.2) is 24.2 Å². The first-order valence-electron chi connectivity index (χ1n) is 2.04. The third-order valence-electron chi connectivity index (χ3n) is 0.476. The van der Waals surface area contributed by atoms with Gasteiger partial charge in [-0.3, -0.25) is 18.8 Å². The Morgan fingerprint density at radius 2 is 0.733 bits per heavy atom. The summed E-state index contributed by atoms with van der Waals surface area (Å²) in [5.41, 5.74) is 0. The van der Waals surface area contributed by atoms with Gasteiger partial charge in [0.2, 0.25) is 0 Å². The van der Waals surface area contributed by atoms with Crippen molar-refractivity contribution < 1.29 is 49.9 Å². The molecule has 15 heavy (non-hydrogen) atoms. The Morgan fingerprint density at radius 3 is 0.867 bits per heavy atom. The molecule has 0 rings (SSSR count). The van der Waals surface area contributed by atoms with Crippen LogP contribution in [0.5, 0.6) is 0 Å².